The van der Waals surface area contributed by atoms with Crippen molar-refractivity contribution in [2.75, 3.05) is 13.1 Å². The Balaban J connectivity index is 2.23. The summed E-state index contributed by atoms with van der Waals surface area (Å²) in [5, 5.41) is 7.93. The lowest BCUT2D eigenvalue weighted by Crippen LogP contribution is -2.61. The molecule has 1 N–H and O–H groups in total. The first-order chi connectivity index (χ1) is 6.52. The average molecular weight is 216 g/mol. The fourth-order valence-corrected chi connectivity index (χ4v) is 1.74. The van der Waals surface area contributed by atoms with E-state index in [1.807, 2.05) is 14.0 Å². The first kappa shape index (κ1) is 9.80. The van der Waals surface area contributed by atoms with Gasteiger partial charge in [0.25, 0.3) is 0 Å². The molecule has 14 heavy (non-hydrogen) atoms. The summed E-state index contributed by atoms with van der Waals surface area (Å²) < 4.78 is 7.47. The van der Waals surface area contributed by atoms with Gasteiger partial charge in [-0.1, -0.05) is 11.6 Å². The smallest absolute Gasteiger partial charge is 0.180 e. The number of aromatic nitrogens is 2. The number of ether oxygens (including phenoxy) is 1. The molecule has 1 aliphatic rings. The maximum absolute atomic E-state index is 6.06. The lowest BCUT2D eigenvalue weighted by atomic mass is 10.00. The number of nitrogens with zero attached hydrogens (tertiary/aromatic N) is 2. The minimum absolute atomic E-state index is 0.128. The first-order valence-corrected chi connectivity index (χ1v) is 4.98. The molecule has 1 aromatic rings. The van der Waals surface area contributed by atoms with Crippen LogP contribution in [0.4, 0.5) is 0 Å². The van der Waals surface area contributed by atoms with Crippen LogP contribution in [-0.4, -0.2) is 28.5 Å². The third kappa shape index (κ3) is 1.48. The van der Waals surface area contributed by atoms with Gasteiger partial charge in [-0.3, -0.25) is 4.68 Å². The van der Waals surface area contributed by atoms with E-state index in [9.17, 15) is 0 Å². The van der Waals surface area contributed by atoms with Gasteiger partial charge in [-0.25, -0.2) is 0 Å². The zero-order valence-electron chi connectivity index (χ0n) is 8.59. The molecule has 4 nitrogen and oxygen atoms in total. The first-order valence-electron chi connectivity index (χ1n) is 4.61. The Morgan fingerprint density at radius 3 is 2.57 bits per heavy atom. The Morgan fingerprint density at radius 1 is 1.57 bits per heavy atom. The highest BCUT2D eigenvalue weighted by atomic mass is 35.5. The molecule has 0 unspecified atom stereocenters. The van der Waals surface area contributed by atoms with E-state index in [1.54, 1.807) is 4.68 Å². The Kier molecular flexibility index (Phi) is 2.20. The Morgan fingerprint density at radius 2 is 2.21 bits per heavy atom. The summed E-state index contributed by atoms with van der Waals surface area (Å²) in [6.45, 7) is 5.68. The van der Waals surface area contributed by atoms with Crippen molar-refractivity contribution in [3.63, 3.8) is 0 Å². The quantitative estimate of drug-likeness (QED) is 0.804. The maximum atomic E-state index is 6.06. The van der Waals surface area contributed by atoms with Crippen molar-refractivity contribution in [2.24, 2.45) is 7.05 Å². The molecule has 0 amide bonds. The second-order valence-electron chi connectivity index (χ2n) is 3.98. The zero-order chi connectivity index (χ0) is 10.3. The molecule has 1 aromatic heterocycles. The van der Waals surface area contributed by atoms with E-state index >= 15 is 0 Å². The summed E-state index contributed by atoms with van der Waals surface area (Å²) in [5.41, 5.74) is 0.711. The monoisotopic (exact) mass is 215 g/mol. The van der Waals surface area contributed by atoms with Crippen LogP contribution >= 0.6 is 11.6 Å². The second-order valence-corrected chi connectivity index (χ2v) is 4.34. The van der Waals surface area contributed by atoms with Crippen molar-refractivity contribution < 1.29 is 4.74 Å². The summed E-state index contributed by atoms with van der Waals surface area (Å²) in [4.78, 5) is 0. The summed E-state index contributed by atoms with van der Waals surface area (Å²) in [5.74, 6) is 0.707. The largest absolute Gasteiger partial charge is 0.480 e. The molecule has 0 aliphatic carbocycles. The molecule has 78 valence electrons. The summed E-state index contributed by atoms with van der Waals surface area (Å²) in [6.07, 6.45) is 0. The second kappa shape index (κ2) is 3.14. The van der Waals surface area contributed by atoms with E-state index in [0.29, 0.717) is 10.9 Å². The van der Waals surface area contributed by atoms with Crippen LogP contribution in [0, 0.1) is 6.92 Å². The van der Waals surface area contributed by atoms with Gasteiger partial charge in [-0.15, -0.1) is 0 Å². The van der Waals surface area contributed by atoms with Gasteiger partial charge < -0.3 is 10.1 Å². The van der Waals surface area contributed by atoms with Crippen LogP contribution in [0.5, 0.6) is 5.75 Å². The molecule has 0 atom stereocenters. The van der Waals surface area contributed by atoms with E-state index in [-0.39, 0.29) is 5.60 Å². The van der Waals surface area contributed by atoms with E-state index in [4.69, 9.17) is 16.3 Å². The normalized spacial score (nSPS) is 19.1. The van der Waals surface area contributed by atoms with E-state index in [1.165, 1.54) is 0 Å². The van der Waals surface area contributed by atoms with E-state index < -0.39 is 0 Å². The molecule has 0 spiro atoms. The highest BCUT2D eigenvalue weighted by Gasteiger charge is 2.35. The van der Waals surface area contributed by atoms with Crippen molar-refractivity contribution in [3.05, 3.63) is 10.8 Å². The van der Waals surface area contributed by atoms with Gasteiger partial charge in [-0.2, -0.15) is 5.10 Å². The van der Waals surface area contributed by atoms with Crippen molar-refractivity contribution >= 4 is 11.6 Å². The van der Waals surface area contributed by atoms with Crippen LogP contribution in [0.2, 0.25) is 5.15 Å². The zero-order valence-corrected chi connectivity index (χ0v) is 9.35. The molecule has 0 aromatic carbocycles. The highest BCUT2D eigenvalue weighted by Crippen LogP contribution is 2.31. The van der Waals surface area contributed by atoms with E-state index in [2.05, 4.69) is 17.3 Å². The molecular formula is C9H14ClN3O. The molecular weight excluding hydrogens is 202 g/mol. The number of hydrogen-bond donors (Lipinski definition) is 1. The number of hydrogen-bond acceptors (Lipinski definition) is 3. The molecule has 0 bridgehead atoms. The predicted octanol–water partition coefficient (Wildman–Crippen LogP) is 1.12. The standard InChI is InChI=1S/C9H14ClN3O/c1-6-7(8(10)13(3)12-6)14-9(2)4-11-5-9/h11H,4-5H2,1-3H3. The fourth-order valence-electron chi connectivity index (χ4n) is 1.52. The molecule has 1 saturated heterocycles. The minimum Gasteiger partial charge on any atom is -0.480 e. The fraction of sp³-hybridized carbons (Fsp3) is 0.667. The third-order valence-electron chi connectivity index (χ3n) is 2.45. The molecule has 0 saturated carbocycles. The van der Waals surface area contributed by atoms with Gasteiger partial charge in [0.1, 0.15) is 11.3 Å². The van der Waals surface area contributed by atoms with Crippen LogP contribution in [0.3, 0.4) is 0 Å². The summed E-state index contributed by atoms with van der Waals surface area (Å²) in [7, 11) is 1.81. The van der Waals surface area contributed by atoms with Gasteiger partial charge in [-0.05, 0) is 13.8 Å². The minimum atomic E-state index is -0.128. The summed E-state index contributed by atoms with van der Waals surface area (Å²) in [6, 6.07) is 0. The van der Waals surface area contributed by atoms with E-state index in [0.717, 1.165) is 18.8 Å². The van der Waals surface area contributed by atoms with Crippen LogP contribution in [0.25, 0.3) is 0 Å². The van der Waals surface area contributed by atoms with Crippen LogP contribution in [0.1, 0.15) is 12.6 Å². The topological polar surface area (TPSA) is 39.1 Å². The molecule has 5 heteroatoms. The van der Waals surface area contributed by atoms with Gasteiger partial charge in [0.05, 0.1) is 0 Å². The lowest BCUT2D eigenvalue weighted by Gasteiger charge is -2.39. The lowest BCUT2D eigenvalue weighted by molar-refractivity contribution is 0.0342. The highest BCUT2D eigenvalue weighted by molar-refractivity contribution is 6.31. The van der Waals surface area contributed by atoms with Crippen LogP contribution in [0.15, 0.2) is 0 Å². The predicted molar refractivity (Wildman–Crippen MR) is 54.9 cm³/mol. The number of halogens is 1. The van der Waals surface area contributed by atoms with Crippen molar-refractivity contribution in [3.8, 4) is 5.75 Å². The number of rotatable bonds is 2. The Hall–Kier alpha value is -0.740. The van der Waals surface area contributed by atoms with Gasteiger partial charge in [0, 0.05) is 20.1 Å². The Labute approximate surface area is 88.2 Å². The van der Waals surface area contributed by atoms with Crippen LogP contribution < -0.4 is 10.1 Å². The van der Waals surface area contributed by atoms with Crippen molar-refractivity contribution in [1.82, 2.24) is 15.1 Å². The van der Waals surface area contributed by atoms with Gasteiger partial charge >= 0.3 is 0 Å². The molecule has 2 rings (SSSR count). The number of aryl methyl sites for hydroxylation is 2. The summed E-state index contributed by atoms with van der Waals surface area (Å²) >= 11 is 6.06. The van der Waals surface area contributed by atoms with Crippen molar-refractivity contribution in [2.45, 2.75) is 19.4 Å². The third-order valence-corrected chi connectivity index (χ3v) is 2.86. The molecule has 0 radical (unpaired) electrons. The molecule has 1 aliphatic heterocycles. The number of nitrogens with one attached hydrogen (secondary N) is 1. The van der Waals surface area contributed by atoms with Gasteiger partial charge in [0.2, 0.25) is 0 Å². The SMILES string of the molecule is Cc1nn(C)c(Cl)c1OC1(C)CNC1. The van der Waals surface area contributed by atoms with Crippen molar-refractivity contribution in [1.29, 1.82) is 0 Å². The Bertz CT molecular complexity index is 357. The molecule has 2 heterocycles. The molecule has 1 fully saturated rings. The van der Waals surface area contributed by atoms with Gasteiger partial charge in [0.15, 0.2) is 10.9 Å². The maximum Gasteiger partial charge on any atom is 0.180 e. The average Bonchev–Trinajstić information content (AvgIpc) is 2.29. The van der Waals surface area contributed by atoms with Crippen LogP contribution in [-0.2, 0) is 7.05 Å².